The molecular weight excluding hydrogens is 659 g/mol. The van der Waals surface area contributed by atoms with Crippen molar-refractivity contribution >= 4 is 48.6 Å². The molecule has 0 atom stereocenters. The van der Waals surface area contributed by atoms with Crippen molar-refractivity contribution in [3.05, 3.63) is 197 Å². The third-order valence-corrected chi connectivity index (χ3v) is 12.1. The van der Waals surface area contributed by atoms with Gasteiger partial charge in [-0.1, -0.05) is 149 Å². The van der Waals surface area contributed by atoms with Crippen LogP contribution in [0.1, 0.15) is 61.1 Å². The van der Waals surface area contributed by atoms with E-state index in [-0.39, 0.29) is 0 Å². The van der Waals surface area contributed by atoms with Gasteiger partial charge in [-0.15, -0.1) is 11.3 Å². The molecule has 0 spiro atoms. The Morgan fingerprint density at radius 2 is 1.02 bits per heavy atom. The van der Waals surface area contributed by atoms with Crippen molar-refractivity contribution in [2.24, 2.45) is 11.8 Å². The van der Waals surface area contributed by atoms with Crippen LogP contribution >= 0.6 is 11.3 Å². The minimum absolute atomic E-state index is 0.406. The van der Waals surface area contributed by atoms with Gasteiger partial charge in [0.05, 0.1) is 5.41 Å². The molecule has 8 aromatic rings. The molecule has 0 fully saturated rings. The zero-order valence-electron chi connectivity index (χ0n) is 31.0. The van der Waals surface area contributed by atoms with Gasteiger partial charge in [0.1, 0.15) is 0 Å². The lowest BCUT2D eigenvalue weighted by Crippen LogP contribution is -2.28. The van der Waals surface area contributed by atoms with Gasteiger partial charge < -0.3 is 4.90 Å². The van der Waals surface area contributed by atoms with E-state index >= 15 is 0 Å². The highest BCUT2D eigenvalue weighted by Crippen LogP contribution is 2.59. The number of rotatable bonds is 9. The van der Waals surface area contributed by atoms with Crippen molar-refractivity contribution in [1.29, 1.82) is 0 Å². The van der Waals surface area contributed by atoms with Gasteiger partial charge in [0.15, 0.2) is 0 Å². The summed E-state index contributed by atoms with van der Waals surface area (Å²) in [6.45, 7) is 9.15. The van der Waals surface area contributed by atoms with Gasteiger partial charge in [-0.2, -0.15) is 0 Å². The number of benzene rings is 7. The predicted molar refractivity (Wildman–Crippen MR) is 228 cm³/mol. The molecule has 1 aliphatic carbocycles. The Hall–Kier alpha value is -5.44. The minimum Gasteiger partial charge on any atom is -0.310 e. The molecule has 0 N–H and O–H groups in total. The predicted octanol–water partition coefficient (Wildman–Crippen LogP) is 14.3. The Morgan fingerprint density at radius 3 is 1.58 bits per heavy atom. The number of thiophene rings is 1. The monoisotopic (exact) mass is 703 g/mol. The number of hydrogen-bond donors (Lipinski definition) is 0. The summed E-state index contributed by atoms with van der Waals surface area (Å²) in [5.41, 5.74) is 13.9. The molecule has 0 saturated heterocycles. The van der Waals surface area contributed by atoms with Crippen molar-refractivity contribution in [3.8, 4) is 11.1 Å². The number of nitrogens with zero attached hydrogens (tertiary/aromatic N) is 1. The molecule has 1 nitrogen and oxygen atoms in total. The molecule has 9 rings (SSSR count). The van der Waals surface area contributed by atoms with E-state index in [2.05, 4.69) is 196 Å². The Morgan fingerprint density at radius 1 is 0.491 bits per heavy atom. The van der Waals surface area contributed by atoms with Crippen molar-refractivity contribution < 1.29 is 0 Å². The molecule has 1 heterocycles. The van der Waals surface area contributed by atoms with E-state index in [0.29, 0.717) is 11.8 Å². The summed E-state index contributed by atoms with van der Waals surface area (Å²) in [6, 6.07) is 61.6. The van der Waals surface area contributed by atoms with Crippen LogP contribution in [0, 0.1) is 11.8 Å². The first-order valence-corrected chi connectivity index (χ1v) is 19.9. The standard InChI is InChI=1S/C51H45NS/c1-34(2)31-36-19-23-40(24-20-36)52(41-25-21-37(22-26-41)32-35(3)4)42-27-28-44-48(33-42)53-47-30-29-46-49(50(44)47)43-17-11-12-18-45(43)51(46,38-13-7-5-8-14-38)39-15-9-6-10-16-39/h5-30,33-35H,31-32H2,1-4H3. The Bertz CT molecular complexity index is 2450. The zero-order chi connectivity index (χ0) is 36.1. The second kappa shape index (κ2) is 13.5. The molecular formula is C51H45NS. The van der Waals surface area contributed by atoms with Crippen LogP contribution in [0.25, 0.3) is 31.3 Å². The molecule has 0 amide bonds. The first kappa shape index (κ1) is 33.4. The SMILES string of the molecule is CC(C)Cc1ccc(N(c2ccc(CC(C)C)cc2)c2ccc3c(c2)sc2ccc4c(c23)-c2ccccc2C4(c2ccccc2)c2ccccc2)cc1. The summed E-state index contributed by atoms with van der Waals surface area (Å²) in [5.74, 6) is 1.25. The van der Waals surface area contributed by atoms with E-state index in [1.54, 1.807) is 0 Å². The van der Waals surface area contributed by atoms with Crippen LogP contribution in [-0.4, -0.2) is 0 Å². The summed E-state index contributed by atoms with van der Waals surface area (Å²) < 4.78 is 2.63. The van der Waals surface area contributed by atoms with E-state index in [0.717, 1.165) is 12.8 Å². The first-order valence-electron chi connectivity index (χ1n) is 19.1. The molecule has 1 aromatic heterocycles. The average molecular weight is 704 g/mol. The Kier molecular flexibility index (Phi) is 8.52. The van der Waals surface area contributed by atoms with Crippen molar-refractivity contribution in [1.82, 2.24) is 0 Å². The highest BCUT2D eigenvalue weighted by Gasteiger charge is 2.46. The van der Waals surface area contributed by atoms with E-state index in [1.165, 1.54) is 81.7 Å². The van der Waals surface area contributed by atoms with Crippen LogP contribution in [0.4, 0.5) is 17.1 Å². The molecule has 260 valence electrons. The molecule has 0 bridgehead atoms. The van der Waals surface area contributed by atoms with E-state index in [9.17, 15) is 0 Å². The zero-order valence-corrected chi connectivity index (χ0v) is 31.8. The first-order chi connectivity index (χ1) is 25.9. The largest absolute Gasteiger partial charge is 0.310 e. The fourth-order valence-corrected chi connectivity index (χ4v) is 10.0. The summed E-state index contributed by atoms with van der Waals surface area (Å²) in [7, 11) is 0. The van der Waals surface area contributed by atoms with Gasteiger partial charge >= 0.3 is 0 Å². The topological polar surface area (TPSA) is 3.24 Å². The normalized spacial score (nSPS) is 13.2. The number of hydrogen-bond acceptors (Lipinski definition) is 2. The fourth-order valence-electron chi connectivity index (χ4n) is 8.88. The average Bonchev–Trinajstić information content (AvgIpc) is 3.70. The van der Waals surface area contributed by atoms with Crippen LogP contribution in [0.5, 0.6) is 0 Å². The van der Waals surface area contributed by atoms with Gasteiger partial charge in [0.25, 0.3) is 0 Å². The lowest BCUT2D eigenvalue weighted by molar-refractivity contribution is 0.647. The molecule has 1 aliphatic rings. The van der Waals surface area contributed by atoms with Gasteiger partial charge in [-0.3, -0.25) is 0 Å². The summed E-state index contributed by atoms with van der Waals surface area (Å²) in [5, 5.41) is 2.68. The highest BCUT2D eigenvalue weighted by atomic mass is 32.1. The second-order valence-electron chi connectivity index (χ2n) is 15.5. The lowest BCUT2D eigenvalue weighted by Gasteiger charge is -2.33. The van der Waals surface area contributed by atoms with Crippen LogP contribution in [0.3, 0.4) is 0 Å². The van der Waals surface area contributed by atoms with E-state index < -0.39 is 5.41 Å². The van der Waals surface area contributed by atoms with Gasteiger partial charge in [-0.05, 0) is 112 Å². The molecule has 53 heavy (non-hydrogen) atoms. The molecule has 0 saturated carbocycles. The maximum atomic E-state index is 2.43. The van der Waals surface area contributed by atoms with Gasteiger partial charge in [-0.25, -0.2) is 0 Å². The van der Waals surface area contributed by atoms with Crippen molar-refractivity contribution in [3.63, 3.8) is 0 Å². The number of anilines is 3. The maximum absolute atomic E-state index is 2.43. The van der Waals surface area contributed by atoms with Crippen LogP contribution in [-0.2, 0) is 18.3 Å². The highest BCUT2D eigenvalue weighted by molar-refractivity contribution is 7.26. The second-order valence-corrected chi connectivity index (χ2v) is 16.6. The number of fused-ring (bicyclic) bond motifs is 7. The quantitative estimate of drug-likeness (QED) is 0.145. The maximum Gasteiger partial charge on any atom is 0.0713 e. The van der Waals surface area contributed by atoms with E-state index in [4.69, 9.17) is 0 Å². The van der Waals surface area contributed by atoms with E-state index in [1.807, 2.05) is 11.3 Å². The van der Waals surface area contributed by atoms with Crippen LogP contribution < -0.4 is 4.90 Å². The fraction of sp³-hybridized carbons (Fsp3) is 0.176. The van der Waals surface area contributed by atoms with Gasteiger partial charge in [0, 0.05) is 37.2 Å². The molecule has 2 heteroatoms. The Balaban J connectivity index is 1.24. The van der Waals surface area contributed by atoms with Crippen molar-refractivity contribution in [2.45, 2.75) is 46.0 Å². The molecule has 7 aromatic carbocycles. The molecule has 0 unspecified atom stereocenters. The summed E-state index contributed by atoms with van der Waals surface area (Å²) >= 11 is 1.91. The Labute approximate surface area is 318 Å². The summed E-state index contributed by atoms with van der Waals surface area (Å²) in [4.78, 5) is 2.43. The third-order valence-electron chi connectivity index (χ3n) is 11.0. The van der Waals surface area contributed by atoms with Gasteiger partial charge in [0.2, 0.25) is 0 Å². The third kappa shape index (κ3) is 5.68. The molecule has 0 aliphatic heterocycles. The minimum atomic E-state index is -0.406. The van der Waals surface area contributed by atoms with Crippen molar-refractivity contribution in [2.75, 3.05) is 4.90 Å². The van der Waals surface area contributed by atoms with Crippen LogP contribution in [0.15, 0.2) is 164 Å². The smallest absolute Gasteiger partial charge is 0.0713 e. The summed E-state index contributed by atoms with van der Waals surface area (Å²) in [6.07, 6.45) is 2.17. The van der Waals surface area contributed by atoms with Crippen LogP contribution in [0.2, 0.25) is 0 Å². The lowest BCUT2D eigenvalue weighted by atomic mass is 9.67. The molecule has 0 radical (unpaired) electrons.